The van der Waals surface area contributed by atoms with Crippen molar-refractivity contribution in [2.24, 2.45) is 0 Å². The van der Waals surface area contributed by atoms with Crippen molar-refractivity contribution < 1.29 is 8.91 Å². The van der Waals surface area contributed by atoms with Crippen molar-refractivity contribution in [2.75, 3.05) is 0 Å². The number of hydrogen-bond donors (Lipinski definition) is 0. The summed E-state index contributed by atoms with van der Waals surface area (Å²) < 4.78 is 18.4. The molecule has 3 aromatic rings. The molecule has 0 bridgehead atoms. The van der Waals surface area contributed by atoms with Gasteiger partial charge in [-0.1, -0.05) is 47.6 Å². The Hall–Kier alpha value is -2.42. The Kier molecular flexibility index (Phi) is 2.65. The molecule has 0 spiro atoms. The number of hydrogen-bond acceptors (Lipinski definition) is 2. The fourth-order valence-corrected chi connectivity index (χ4v) is 1.80. The highest BCUT2D eigenvalue weighted by atomic mass is 19.1. The molecule has 0 N–H and O–H groups in total. The first-order chi connectivity index (χ1) is 8.83. The summed E-state index contributed by atoms with van der Waals surface area (Å²) in [5.41, 5.74) is 2.41. The number of benzene rings is 2. The lowest BCUT2D eigenvalue weighted by Gasteiger charge is -1.94. The smallest absolute Gasteiger partial charge is 0.167 e. The second kappa shape index (κ2) is 4.45. The van der Waals surface area contributed by atoms with E-state index in [9.17, 15) is 4.39 Å². The number of rotatable bonds is 2. The van der Waals surface area contributed by atoms with Crippen molar-refractivity contribution in [2.45, 2.75) is 0 Å². The minimum atomic E-state index is -0.287. The summed E-state index contributed by atoms with van der Waals surface area (Å²) in [5, 5.41) is 4.00. The van der Waals surface area contributed by atoms with Crippen molar-refractivity contribution in [1.29, 1.82) is 0 Å². The van der Waals surface area contributed by atoms with Crippen LogP contribution >= 0.6 is 0 Å². The molecule has 0 atom stereocenters. The Morgan fingerprint density at radius 2 is 1.61 bits per heavy atom. The molecule has 0 aliphatic carbocycles. The van der Waals surface area contributed by atoms with Gasteiger partial charge in [0, 0.05) is 17.2 Å². The molecule has 0 unspecified atom stereocenters. The van der Waals surface area contributed by atoms with E-state index in [0.717, 1.165) is 11.3 Å². The second-order valence-electron chi connectivity index (χ2n) is 3.95. The monoisotopic (exact) mass is 240 g/mol. The van der Waals surface area contributed by atoms with Gasteiger partial charge >= 0.3 is 0 Å². The van der Waals surface area contributed by atoms with Gasteiger partial charge in [0.15, 0.2) is 5.76 Å². The molecule has 0 fully saturated rings. The normalized spacial score (nSPS) is 10.5. The summed E-state index contributed by atoms with van der Waals surface area (Å²) in [4.78, 5) is 0. The zero-order chi connectivity index (χ0) is 12.4. The van der Waals surface area contributed by atoms with E-state index in [1.54, 1.807) is 12.1 Å². The predicted octanol–water partition coefficient (Wildman–Crippen LogP) is 4.15. The fourth-order valence-electron chi connectivity index (χ4n) is 1.80. The largest absolute Gasteiger partial charge is 0.356 e. The van der Waals surface area contributed by atoms with Crippen LogP contribution in [-0.2, 0) is 0 Å². The standard InChI is InChI=1S/C15H10FNO/c16-13-8-4-7-12(9-13)15-10-14(17-18-15)11-5-2-1-3-6-11/h1-10H/i14+1. The molecule has 2 nitrogen and oxygen atoms in total. The molecule has 3 heteroatoms. The molecule has 0 aliphatic rings. The van der Waals surface area contributed by atoms with Crippen molar-refractivity contribution in [3.05, 3.63) is 66.5 Å². The molecule has 3 rings (SSSR count). The van der Waals surface area contributed by atoms with E-state index in [0.29, 0.717) is 11.3 Å². The summed E-state index contributed by atoms with van der Waals surface area (Å²) in [7, 11) is 0. The second-order valence-corrected chi connectivity index (χ2v) is 3.95. The molecule has 0 radical (unpaired) electrons. The third-order valence-electron chi connectivity index (χ3n) is 2.69. The maximum Gasteiger partial charge on any atom is 0.167 e. The van der Waals surface area contributed by atoms with Gasteiger partial charge in [0.1, 0.15) is 11.5 Å². The Morgan fingerprint density at radius 1 is 0.833 bits per heavy atom. The summed E-state index contributed by atoms with van der Waals surface area (Å²) in [6.07, 6.45) is 0. The van der Waals surface area contributed by atoms with E-state index >= 15 is 0 Å². The summed E-state index contributed by atoms with van der Waals surface area (Å²) in [6.45, 7) is 0. The number of halogens is 1. The van der Waals surface area contributed by atoms with Crippen LogP contribution in [0.25, 0.3) is 22.6 Å². The molecular formula is C15H10FNO. The van der Waals surface area contributed by atoms with E-state index in [4.69, 9.17) is 4.52 Å². The highest BCUT2D eigenvalue weighted by Crippen LogP contribution is 2.26. The van der Waals surface area contributed by atoms with Crippen LogP contribution in [0.3, 0.4) is 0 Å². The maximum absolute atomic E-state index is 13.1. The summed E-state index contributed by atoms with van der Waals surface area (Å²) >= 11 is 0. The van der Waals surface area contributed by atoms with Gasteiger partial charge in [0.25, 0.3) is 0 Å². The van der Waals surface area contributed by atoms with Gasteiger partial charge in [-0.2, -0.15) is 0 Å². The quantitative estimate of drug-likeness (QED) is 0.672. The number of aromatic nitrogens is 1. The third kappa shape index (κ3) is 2.02. The molecule has 1 aromatic heterocycles. The van der Waals surface area contributed by atoms with Gasteiger partial charge in [0.2, 0.25) is 0 Å². The van der Waals surface area contributed by atoms with Gasteiger partial charge in [0.05, 0.1) is 0 Å². The highest BCUT2D eigenvalue weighted by molar-refractivity contribution is 5.66. The molecule has 0 saturated heterocycles. The van der Waals surface area contributed by atoms with Crippen LogP contribution in [0, 0.1) is 5.82 Å². The van der Waals surface area contributed by atoms with E-state index < -0.39 is 0 Å². The average molecular weight is 240 g/mol. The first-order valence-corrected chi connectivity index (χ1v) is 5.61. The van der Waals surface area contributed by atoms with Gasteiger partial charge in [-0.15, -0.1) is 0 Å². The molecule has 2 aromatic carbocycles. The molecule has 0 amide bonds. The van der Waals surface area contributed by atoms with Crippen molar-refractivity contribution in [3.63, 3.8) is 0 Å². The van der Waals surface area contributed by atoms with Crippen LogP contribution in [0.4, 0.5) is 4.39 Å². The first kappa shape index (κ1) is 10.7. The van der Waals surface area contributed by atoms with Gasteiger partial charge < -0.3 is 4.52 Å². The van der Waals surface area contributed by atoms with Gasteiger partial charge in [-0.25, -0.2) is 4.39 Å². The maximum atomic E-state index is 13.1. The fraction of sp³-hybridized carbons (Fsp3) is 0. The molecule has 18 heavy (non-hydrogen) atoms. The van der Waals surface area contributed by atoms with Crippen LogP contribution in [0.5, 0.6) is 0 Å². The lowest BCUT2D eigenvalue weighted by atomic mass is 10.2. The molecular weight excluding hydrogens is 230 g/mol. The minimum Gasteiger partial charge on any atom is -0.356 e. The van der Waals surface area contributed by atoms with E-state index in [-0.39, 0.29) is 5.82 Å². The Morgan fingerprint density at radius 3 is 2.39 bits per heavy atom. The average Bonchev–Trinajstić information content (AvgIpc) is 2.89. The zero-order valence-electron chi connectivity index (χ0n) is 9.51. The number of nitrogens with zero attached hydrogens (tertiary/aromatic N) is 1. The van der Waals surface area contributed by atoms with Crippen molar-refractivity contribution in [3.8, 4) is 22.6 Å². The lowest BCUT2D eigenvalue weighted by Crippen LogP contribution is -1.76. The predicted molar refractivity (Wildman–Crippen MR) is 67.3 cm³/mol. The van der Waals surface area contributed by atoms with Crippen molar-refractivity contribution in [1.82, 2.24) is 5.16 Å². The highest BCUT2D eigenvalue weighted by Gasteiger charge is 2.08. The van der Waals surface area contributed by atoms with Crippen LogP contribution < -0.4 is 0 Å². The Labute approximate surface area is 104 Å². The summed E-state index contributed by atoms with van der Waals surface area (Å²) in [6, 6.07) is 17.8. The van der Waals surface area contributed by atoms with Crippen LogP contribution in [0.15, 0.2) is 65.2 Å². The molecule has 0 saturated carbocycles. The molecule has 0 aliphatic heterocycles. The van der Waals surface area contributed by atoms with Crippen molar-refractivity contribution >= 4 is 0 Å². The summed E-state index contributed by atoms with van der Waals surface area (Å²) in [5.74, 6) is 0.276. The van der Waals surface area contributed by atoms with E-state index in [1.807, 2.05) is 36.4 Å². The van der Waals surface area contributed by atoms with Gasteiger partial charge in [-0.3, -0.25) is 0 Å². The van der Waals surface area contributed by atoms with E-state index in [1.165, 1.54) is 12.1 Å². The lowest BCUT2D eigenvalue weighted by molar-refractivity contribution is 0.434. The topological polar surface area (TPSA) is 26.0 Å². The Balaban J connectivity index is 2.00. The van der Waals surface area contributed by atoms with Crippen LogP contribution in [0.2, 0.25) is 0 Å². The third-order valence-corrected chi connectivity index (χ3v) is 2.69. The van der Waals surface area contributed by atoms with Crippen LogP contribution in [-0.4, -0.2) is 5.16 Å². The molecule has 1 heterocycles. The SMILES string of the molecule is Fc1cccc(-c2c[13c](-c3ccccc3)no2)c1. The minimum absolute atomic E-state index is 0.287. The molecule has 88 valence electrons. The van der Waals surface area contributed by atoms with Gasteiger partial charge in [-0.05, 0) is 12.1 Å². The zero-order valence-corrected chi connectivity index (χ0v) is 9.51. The van der Waals surface area contributed by atoms with Crippen LogP contribution in [0.1, 0.15) is 0 Å². The van der Waals surface area contributed by atoms with E-state index in [2.05, 4.69) is 5.16 Å². The Bertz CT molecular complexity index is 661. The first-order valence-electron chi connectivity index (χ1n) is 5.61.